The number of hydrogen-bond acceptors (Lipinski definition) is 3. The Kier molecular flexibility index (Phi) is 7.46. The highest BCUT2D eigenvalue weighted by molar-refractivity contribution is 6.01. The van der Waals surface area contributed by atoms with Gasteiger partial charge >= 0.3 is 6.18 Å². The molecule has 168 valence electrons. The Morgan fingerprint density at radius 3 is 2.42 bits per heavy atom. The molecule has 3 aromatic carbocycles. The van der Waals surface area contributed by atoms with Crippen LogP contribution in [0.1, 0.15) is 22.3 Å². The van der Waals surface area contributed by atoms with E-state index in [0.717, 1.165) is 12.1 Å². The molecule has 8 heteroatoms. The van der Waals surface area contributed by atoms with Crippen LogP contribution in [0.15, 0.2) is 78.4 Å². The van der Waals surface area contributed by atoms with Crippen molar-refractivity contribution in [1.29, 1.82) is 5.26 Å². The van der Waals surface area contributed by atoms with E-state index in [9.17, 15) is 27.6 Å². The van der Waals surface area contributed by atoms with Gasteiger partial charge in [0.25, 0.3) is 5.91 Å². The third-order valence-electron chi connectivity index (χ3n) is 4.60. The first-order valence-electron chi connectivity index (χ1n) is 9.78. The lowest BCUT2D eigenvalue weighted by Crippen LogP contribution is -2.23. The summed E-state index contributed by atoms with van der Waals surface area (Å²) in [7, 11) is 0. The zero-order valence-electron chi connectivity index (χ0n) is 17.2. The summed E-state index contributed by atoms with van der Waals surface area (Å²) < 4.78 is 57.4. The Hall–Kier alpha value is -4.12. The molecule has 0 saturated carbocycles. The summed E-state index contributed by atoms with van der Waals surface area (Å²) in [5.74, 6) is -0.729. The molecule has 1 N–H and O–H groups in total. The molecule has 0 bridgehead atoms. The second-order valence-corrected chi connectivity index (χ2v) is 7.00. The van der Waals surface area contributed by atoms with Gasteiger partial charge in [0.15, 0.2) is 0 Å². The molecule has 33 heavy (non-hydrogen) atoms. The zero-order chi connectivity index (χ0) is 23.8. The Bertz CT molecular complexity index is 1200. The van der Waals surface area contributed by atoms with Crippen LogP contribution >= 0.6 is 0 Å². The van der Waals surface area contributed by atoms with Crippen LogP contribution in [0.4, 0.5) is 17.6 Å². The molecule has 0 aliphatic carbocycles. The standard InChI is InChI=1S/C25H18F4N2O2/c26-22-10-8-17(9-11-22)15-31-24(32)20(14-30)13-19-5-1-2-7-23(19)33-16-18-4-3-6-21(12-18)25(27,28)29/h1-13H,15-16H2,(H,31,32). The molecular weight excluding hydrogens is 436 g/mol. The molecule has 3 rings (SSSR count). The van der Waals surface area contributed by atoms with Gasteiger partial charge in [0.2, 0.25) is 0 Å². The smallest absolute Gasteiger partial charge is 0.416 e. The average Bonchev–Trinajstić information content (AvgIpc) is 2.81. The molecule has 0 radical (unpaired) electrons. The number of hydrogen-bond donors (Lipinski definition) is 1. The molecule has 4 nitrogen and oxygen atoms in total. The molecule has 0 aliphatic rings. The lowest BCUT2D eigenvalue weighted by molar-refractivity contribution is -0.137. The van der Waals surface area contributed by atoms with Gasteiger partial charge < -0.3 is 10.1 Å². The zero-order valence-corrected chi connectivity index (χ0v) is 17.2. The highest BCUT2D eigenvalue weighted by Crippen LogP contribution is 2.30. The molecular formula is C25H18F4N2O2. The van der Waals surface area contributed by atoms with Crippen molar-refractivity contribution < 1.29 is 27.1 Å². The van der Waals surface area contributed by atoms with Crippen LogP contribution in [-0.2, 0) is 24.1 Å². The maximum Gasteiger partial charge on any atom is 0.416 e. The van der Waals surface area contributed by atoms with Crippen molar-refractivity contribution in [2.24, 2.45) is 0 Å². The minimum atomic E-state index is -4.46. The second kappa shape index (κ2) is 10.5. The van der Waals surface area contributed by atoms with E-state index in [1.807, 2.05) is 6.07 Å². The number of carbonyl (C=O) groups is 1. The summed E-state index contributed by atoms with van der Waals surface area (Å²) in [6.07, 6.45) is -3.12. The maximum atomic E-state index is 13.0. The highest BCUT2D eigenvalue weighted by atomic mass is 19.4. The van der Waals surface area contributed by atoms with Gasteiger partial charge in [0, 0.05) is 12.1 Å². The third kappa shape index (κ3) is 6.68. The maximum absolute atomic E-state index is 13.0. The monoisotopic (exact) mass is 454 g/mol. The van der Waals surface area contributed by atoms with Gasteiger partial charge in [-0.2, -0.15) is 18.4 Å². The van der Waals surface area contributed by atoms with Gasteiger partial charge in [-0.25, -0.2) is 4.39 Å². The Labute approximate surface area is 187 Å². The van der Waals surface area contributed by atoms with Crippen molar-refractivity contribution in [3.05, 3.63) is 106 Å². The first-order chi connectivity index (χ1) is 15.8. The van der Waals surface area contributed by atoms with Crippen LogP contribution in [0.3, 0.4) is 0 Å². The molecule has 0 atom stereocenters. The van der Waals surface area contributed by atoms with Crippen LogP contribution in [0, 0.1) is 17.1 Å². The predicted octanol–water partition coefficient (Wildman–Crippen LogP) is 5.65. The lowest BCUT2D eigenvalue weighted by Gasteiger charge is -2.12. The second-order valence-electron chi connectivity index (χ2n) is 7.00. The van der Waals surface area contributed by atoms with E-state index in [-0.39, 0.29) is 18.7 Å². The molecule has 0 unspecified atom stereocenters. The van der Waals surface area contributed by atoms with Gasteiger partial charge in [-0.1, -0.05) is 42.5 Å². The van der Waals surface area contributed by atoms with Crippen molar-refractivity contribution >= 4 is 12.0 Å². The van der Waals surface area contributed by atoms with Crippen molar-refractivity contribution in [3.8, 4) is 11.8 Å². The first kappa shape index (κ1) is 23.5. The normalized spacial score (nSPS) is 11.5. The number of amides is 1. The van der Waals surface area contributed by atoms with Crippen molar-refractivity contribution in [1.82, 2.24) is 5.32 Å². The molecule has 0 heterocycles. The first-order valence-corrected chi connectivity index (χ1v) is 9.78. The number of ether oxygens (including phenoxy) is 1. The van der Waals surface area contributed by atoms with Crippen LogP contribution in [-0.4, -0.2) is 5.91 Å². The topological polar surface area (TPSA) is 62.1 Å². The predicted molar refractivity (Wildman–Crippen MR) is 114 cm³/mol. The largest absolute Gasteiger partial charge is 0.488 e. The summed E-state index contributed by atoms with van der Waals surface area (Å²) in [6, 6.07) is 18.7. The summed E-state index contributed by atoms with van der Waals surface area (Å²) in [5.41, 5.74) is 0.430. The highest BCUT2D eigenvalue weighted by Gasteiger charge is 2.30. The molecule has 0 aliphatic heterocycles. The number of para-hydroxylation sites is 1. The lowest BCUT2D eigenvalue weighted by atomic mass is 10.1. The minimum absolute atomic E-state index is 0.103. The van der Waals surface area contributed by atoms with E-state index in [1.54, 1.807) is 24.3 Å². The summed E-state index contributed by atoms with van der Waals surface area (Å²) in [4.78, 5) is 12.4. The van der Waals surface area contributed by atoms with Crippen molar-refractivity contribution in [3.63, 3.8) is 0 Å². The number of nitrogens with one attached hydrogen (secondary N) is 1. The number of halogens is 4. The Balaban J connectivity index is 1.72. The van der Waals surface area contributed by atoms with Crippen LogP contribution in [0.2, 0.25) is 0 Å². The van der Waals surface area contributed by atoms with Crippen LogP contribution in [0.25, 0.3) is 6.08 Å². The number of carbonyl (C=O) groups excluding carboxylic acids is 1. The molecule has 0 saturated heterocycles. The number of alkyl halides is 3. The molecule has 3 aromatic rings. The van der Waals surface area contributed by atoms with Gasteiger partial charge in [-0.05, 0) is 47.5 Å². The summed E-state index contributed by atoms with van der Waals surface area (Å²) in [5, 5.41) is 12.0. The van der Waals surface area contributed by atoms with E-state index >= 15 is 0 Å². The van der Waals surface area contributed by atoms with E-state index < -0.39 is 23.5 Å². The van der Waals surface area contributed by atoms with Gasteiger partial charge in [0.1, 0.15) is 29.8 Å². The quantitative estimate of drug-likeness (QED) is 0.285. The summed E-state index contributed by atoms with van der Waals surface area (Å²) >= 11 is 0. The average molecular weight is 454 g/mol. The Morgan fingerprint density at radius 2 is 1.73 bits per heavy atom. The minimum Gasteiger partial charge on any atom is -0.488 e. The van der Waals surface area contributed by atoms with Crippen LogP contribution < -0.4 is 10.1 Å². The SMILES string of the molecule is N#CC(=Cc1ccccc1OCc1cccc(C(F)(F)F)c1)C(=O)NCc1ccc(F)cc1. The van der Waals surface area contributed by atoms with Crippen LogP contribution in [0.5, 0.6) is 5.75 Å². The molecule has 1 amide bonds. The number of rotatable bonds is 7. The fourth-order valence-corrected chi connectivity index (χ4v) is 2.91. The van der Waals surface area contributed by atoms with E-state index in [0.29, 0.717) is 22.4 Å². The van der Waals surface area contributed by atoms with Crippen molar-refractivity contribution in [2.75, 3.05) is 0 Å². The number of nitriles is 1. The fraction of sp³-hybridized carbons (Fsp3) is 0.120. The molecule has 0 spiro atoms. The molecule has 0 fully saturated rings. The summed E-state index contributed by atoms with van der Waals surface area (Å²) in [6.45, 7) is -0.0285. The van der Waals surface area contributed by atoms with Gasteiger partial charge in [-0.15, -0.1) is 0 Å². The number of benzene rings is 3. The Morgan fingerprint density at radius 1 is 1.00 bits per heavy atom. The van der Waals surface area contributed by atoms with E-state index in [2.05, 4.69) is 5.32 Å². The third-order valence-corrected chi connectivity index (χ3v) is 4.60. The van der Waals surface area contributed by atoms with E-state index in [1.165, 1.54) is 42.5 Å². The van der Waals surface area contributed by atoms with Crippen molar-refractivity contribution in [2.45, 2.75) is 19.3 Å². The van der Waals surface area contributed by atoms with E-state index in [4.69, 9.17) is 4.74 Å². The van der Waals surface area contributed by atoms with Gasteiger partial charge in [-0.3, -0.25) is 4.79 Å². The molecule has 0 aromatic heterocycles. The van der Waals surface area contributed by atoms with Gasteiger partial charge in [0.05, 0.1) is 5.56 Å². The fourth-order valence-electron chi connectivity index (χ4n) is 2.91. The number of nitrogens with zero attached hydrogens (tertiary/aromatic N) is 1.